The number of H-pyrrole nitrogens is 1. The number of aromatic nitrogens is 2. The maximum atomic E-state index is 12.6. The predicted molar refractivity (Wildman–Crippen MR) is 89.8 cm³/mol. The number of nitrogens with zero attached hydrogens (tertiary/aromatic N) is 2. The summed E-state index contributed by atoms with van der Waals surface area (Å²) in [6, 6.07) is 7.11. The highest BCUT2D eigenvalue weighted by Crippen LogP contribution is 2.33. The Morgan fingerprint density at radius 3 is 3.00 bits per heavy atom. The molecule has 0 saturated carbocycles. The van der Waals surface area contributed by atoms with Gasteiger partial charge in [-0.3, -0.25) is 9.59 Å². The number of nitrogens with one attached hydrogen (secondary N) is 1. The highest BCUT2D eigenvalue weighted by atomic mass is 16.7. The molecule has 1 fully saturated rings. The maximum absolute atomic E-state index is 12.6. The lowest BCUT2D eigenvalue weighted by Gasteiger charge is -2.16. The van der Waals surface area contributed by atoms with Crippen LogP contribution in [0.3, 0.4) is 0 Å². The first kappa shape index (κ1) is 15.7. The largest absolute Gasteiger partial charge is 0.454 e. The molecule has 4 rings (SSSR count). The summed E-state index contributed by atoms with van der Waals surface area (Å²) >= 11 is 0. The first-order valence-electron chi connectivity index (χ1n) is 8.32. The van der Waals surface area contributed by atoms with E-state index in [0.29, 0.717) is 36.8 Å². The summed E-state index contributed by atoms with van der Waals surface area (Å²) < 4.78 is 10.6. The summed E-state index contributed by atoms with van der Waals surface area (Å²) in [7, 11) is 0. The molecule has 1 N–H and O–H groups in total. The zero-order chi connectivity index (χ0) is 17.4. The van der Waals surface area contributed by atoms with E-state index in [0.717, 1.165) is 17.7 Å². The van der Waals surface area contributed by atoms with E-state index in [9.17, 15) is 9.59 Å². The first-order chi connectivity index (χ1) is 12.1. The molecule has 1 amide bonds. The molecule has 1 aromatic heterocycles. The van der Waals surface area contributed by atoms with Gasteiger partial charge < -0.3 is 19.4 Å². The van der Waals surface area contributed by atoms with Crippen LogP contribution in [0.5, 0.6) is 11.5 Å². The fourth-order valence-corrected chi connectivity index (χ4v) is 3.38. The van der Waals surface area contributed by atoms with Crippen LogP contribution in [-0.4, -0.2) is 40.7 Å². The van der Waals surface area contributed by atoms with Gasteiger partial charge in [-0.05, 0) is 31.0 Å². The number of ether oxygens (including phenoxy) is 2. The highest BCUT2D eigenvalue weighted by molar-refractivity contribution is 5.79. The summed E-state index contributed by atoms with van der Waals surface area (Å²) in [5, 5.41) is 0. The van der Waals surface area contributed by atoms with Crippen LogP contribution in [0.15, 0.2) is 29.1 Å². The molecule has 2 aromatic rings. The van der Waals surface area contributed by atoms with Crippen LogP contribution in [0.2, 0.25) is 0 Å². The van der Waals surface area contributed by atoms with Crippen LogP contribution in [-0.2, 0) is 11.2 Å². The SMILES string of the molecule is Cc1nc([C@@H]2CCN(C(=O)Cc3ccc4c(c3)OCO4)C2)cc(=O)[nH]1. The van der Waals surface area contributed by atoms with Crippen LogP contribution in [0.4, 0.5) is 0 Å². The molecule has 1 atom stereocenters. The minimum absolute atomic E-state index is 0.0722. The molecule has 2 aliphatic rings. The maximum Gasteiger partial charge on any atom is 0.251 e. The van der Waals surface area contributed by atoms with Crippen LogP contribution in [0.1, 0.15) is 29.4 Å². The molecule has 0 bridgehead atoms. The van der Waals surface area contributed by atoms with Crippen molar-refractivity contribution in [2.24, 2.45) is 0 Å². The second-order valence-electron chi connectivity index (χ2n) is 6.45. The first-order valence-corrected chi connectivity index (χ1v) is 8.32. The average Bonchev–Trinajstić information content (AvgIpc) is 3.23. The molecule has 0 radical (unpaired) electrons. The number of hydrogen-bond donors (Lipinski definition) is 1. The zero-order valence-corrected chi connectivity index (χ0v) is 13.9. The van der Waals surface area contributed by atoms with Gasteiger partial charge in [-0.2, -0.15) is 0 Å². The average molecular weight is 341 g/mol. The summed E-state index contributed by atoms with van der Waals surface area (Å²) in [4.78, 5) is 33.1. The zero-order valence-electron chi connectivity index (χ0n) is 13.9. The standard InChI is InChI=1S/C18H19N3O4/c1-11-19-14(8-17(22)20-11)13-4-5-21(9-13)18(23)7-12-2-3-15-16(6-12)25-10-24-15/h2-3,6,8,13H,4-5,7,9-10H2,1H3,(H,19,20,22)/t13-/m1/s1. The predicted octanol–water partition coefficient (Wildman–Crippen LogP) is 1.37. The van der Waals surface area contributed by atoms with Crippen molar-refractivity contribution >= 4 is 5.91 Å². The fourth-order valence-electron chi connectivity index (χ4n) is 3.38. The van der Waals surface area contributed by atoms with Crippen molar-refractivity contribution in [3.05, 3.63) is 51.7 Å². The van der Waals surface area contributed by atoms with Crippen molar-refractivity contribution in [3.63, 3.8) is 0 Å². The number of fused-ring (bicyclic) bond motifs is 1. The monoisotopic (exact) mass is 341 g/mol. The van der Waals surface area contributed by atoms with Crippen molar-refractivity contribution in [1.82, 2.24) is 14.9 Å². The molecule has 7 heteroatoms. The smallest absolute Gasteiger partial charge is 0.251 e. The third-order valence-corrected chi connectivity index (χ3v) is 4.63. The molecule has 7 nitrogen and oxygen atoms in total. The Labute approximate surface area is 144 Å². The molecule has 130 valence electrons. The summed E-state index contributed by atoms with van der Waals surface area (Å²) in [6.45, 7) is 3.27. The summed E-state index contributed by atoms with van der Waals surface area (Å²) in [5.74, 6) is 2.19. The Morgan fingerprint density at radius 2 is 2.16 bits per heavy atom. The number of carbonyl (C=O) groups is 1. The Balaban J connectivity index is 1.43. The highest BCUT2D eigenvalue weighted by Gasteiger charge is 2.28. The fraction of sp³-hybridized carbons (Fsp3) is 0.389. The molecule has 25 heavy (non-hydrogen) atoms. The molecule has 3 heterocycles. The third kappa shape index (κ3) is 3.22. The van der Waals surface area contributed by atoms with Crippen LogP contribution >= 0.6 is 0 Å². The van der Waals surface area contributed by atoms with E-state index in [1.807, 2.05) is 23.1 Å². The van der Waals surface area contributed by atoms with E-state index in [1.54, 1.807) is 6.92 Å². The lowest BCUT2D eigenvalue weighted by Crippen LogP contribution is -2.30. The third-order valence-electron chi connectivity index (χ3n) is 4.63. The van der Waals surface area contributed by atoms with Crippen molar-refractivity contribution in [1.29, 1.82) is 0 Å². The van der Waals surface area contributed by atoms with Gasteiger partial charge in [0, 0.05) is 25.1 Å². The lowest BCUT2D eigenvalue weighted by molar-refractivity contribution is -0.129. The number of benzene rings is 1. The Morgan fingerprint density at radius 1 is 1.32 bits per heavy atom. The van der Waals surface area contributed by atoms with Gasteiger partial charge in [0.1, 0.15) is 5.82 Å². The summed E-state index contributed by atoms with van der Waals surface area (Å²) in [5.41, 5.74) is 1.52. The number of aromatic amines is 1. The number of rotatable bonds is 3. The van der Waals surface area contributed by atoms with Crippen molar-refractivity contribution in [2.75, 3.05) is 19.9 Å². The van der Waals surface area contributed by atoms with Crippen LogP contribution in [0.25, 0.3) is 0 Å². The van der Waals surface area contributed by atoms with Crippen LogP contribution in [0, 0.1) is 6.92 Å². The lowest BCUT2D eigenvalue weighted by atomic mass is 10.0. The Kier molecular flexibility index (Phi) is 3.91. The number of hydrogen-bond acceptors (Lipinski definition) is 5. The molecular formula is C18H19N3O4. The van der Waals surface area contributed by atoms with E-state index in [1.165, 1.54) is 6.07 Å². The Bertz CT molecular complexity index is 877. The van der Waals surface area contributed by atoms with Gasteiger partial charge >= 0.3 is 0 Å². The van der Waals surface area contributed by atoms with Gasteiger partial charge in [0.15, 0.2) is 11.5 Å². The van der Waals surface area contributed by atoms with Gasteiger partial charge in [0.05, 0.1) is 12.1 Å². The van der Waals surface area contributed by atoms with Crippen LogP contribution < -0.4 is 15.0 Å². The van der Waals surface area contributed by atoms with E-state index in [2.05, 4.69) is 9.97 Å². The molecule has 0 aliphatic carbocycles. The van der Waals surface area contributed by atoms with E-state index < -0.39 is 0 Å². The van der Waals surface area contributed by atoms with Crippen molar-refractivity contribution in [3.8, 4) is 11.5 Å². The molecule has 1 saturated heterocycles. The number of carbonyl (C=O) groups excluding carboxylic acids is 1. The van der Waals surface area contributed by atoms with Crippen molar-refractivity contribution in [2.45, 2.75) is 25.7 Å². The van der Waals surface area contributed by atoms with Gasteiger partial charge in [0.25, 0.3) is 5.56 Å². The molecule has 1 aromatic carbocycles. The summed E-state index contributed by atoms with van der Waals surface area (Å²) in [6.07, 6.45) is 1.15. The molecule has 0 spiro atoms. The van der Waals surface area contributed by atoms with Gasteiger partial charge in [-0.1, -0.05) is 6.07 Å². The topological polar surface area (TPSA) is 84.5 Å². The second-order valence-corrected chi connectivity index (χ2v) is 6.45. The van der Waals surface area contributed by atoms with E-state index in [-0.39, 0.29) is 24.2 Å². The number of likely N-dealkylation sites (tertiary alicyclic amines) is 1. The quantitative estimate of drug-likeness (QED) is 0.911. The number of amides is 1. The van der Waals surface area contributed by atoms with E-state index >= 15 is 0 Å². The van der Waals surface area contributed by atoms with Gasteiger partial charge in [-0.15, -0.1) is 0 Å². The Hall–Kier alpha value is -2.83. The normalized spacial score (nSPS) is 18.6. The molecular weight excluding hydrogens is 322 g/mol. The minimum Gasteiger partial charge on any atom is -0.454 e. The van der Waals surface area contributed by atoms with Gasteiger partial charge in [0.2, 0.25) is 12.7 Å². The van der Waals surface area contributed by atoms with Crippen molar-refractivity contribution < 1.29 is 14.3 Å². The second kappa shape index (κ2) is 6.23. The molecule has 0 unspecified atom stereocenters. The number of aryl methyl sites for hydroxylation is 1. The molecule has 2 aliphatic heterocycles. The van der Waals surface area contributed by atoms with E-state index in [4.69, 9.17) is 9.47 Å². The minimum atomic E-state index is -0.146. The van der Waals surface area contributed by atoms with Gasteiger partial charge in [-0.25, -0.2) is 4.98 Å².